The number of fused-ring (bicyclic) bond motifs is 1. The van der Waals surface area contributed by atoms with Gasteiger partial charge in [0.05, 0.1) is 6.21 Å². The highest BCUT2D eigenvalue weighted by atomic mass is 32.2. The zero-order valence-electron chi connectivity index (χ0n) is 14.2. The van der Waals surface area contributed by atoms with Crippen molar-refractivity contribution in [3.63, 3.8) is 0 Å². The molecule has 1 heterocycles. The predicted molar refractivity (Wildman–Crippen MR) is 99.7 cm³/mol. The standard InChI is InChI=1S/C19H20N2O2S/c1-13-8-7-10-14(16(13)12-20-24(22)19(2,3)4)18-15-9-5-6-11-17(15)23-21-18/h5-12H,1-4H3/b20-12+/t24-/m0/s1. The minimum atomic E-state index is -1.30. The lowest BCUT2D eigenvalue weighted by atomic mass is 9.98. The van der Waals surface area contributed by atoms with Crippen LogP contribution in [0.15, 0.2) is 51.4 Å². The number of para-hydroxylation sites is 1. The molecule has 0 aliphatic heterocycles. The summed E-state index contributed by atoms with van der Waals surface area (Å²) in [6.07, 6.45) is 1.69. The van der Waals surface area contributed by atoms with E-state index in [1.54, 1.807) is 6.21 Å². The van der Waals surface area contributed by atoms with E-state index in [0.717, 1.165) is 33.4 Å². The largest absolute Gasteiger partial charge is 0.591 e. The van der Waals surface area contributed by atoms with Gasteiger partial charge in [-0.15, -0.1) is 0 Å². The van der Waals surface area contributed by atoms with Gasteiger partial charge in [-0.2, -0.15) is 0 Å². The van der Waals surface area contributed by atoms with E-state index in [1.165, 1.54) is 0 Å². The molecule has 4 nitrogen and oxygen atoms in total. The summed E-state index contributed by atoms with van der Waals surface area (Å²) in [6.45, 7) is 7.73. The van der Waals surface area contributed by atoms with E-state index >= 15 is 0 Å². The van der Waals surface area contributed by atoms with Gasteiger partial charge in [-0.05, 0) is 45.4 Å². The third kappa shape index (κ3) is 3.23. The van der Waals surface area contributed by atoms with Crippen molar-refractivity contribution in [2.24, 2.45) is 4.40 Å². The van der Waals surface area contributed by atoms with E-state index in [-0.39, 0.29) is 4.75 Å². The van der Waals surface area contributed by atoms with Crippen LogP contribution < -0.4 is 0 Å². The summed E-state index contributed by atoms with van der Waals surface area (Å²) in [5.41, 5.74) is 4.41. The van der Waals surface area contributed by atoms with Gasteiger partial charge in [-0.1, -0.05) is 39.9 Å². The number of hydrogen-bond donors (Lipinski definition) is 0. The highest BCUT2D eigenvalue weighted by Crippen LogP contribution is 2.31. The minimum Gasteiger partial charge on any atom is -0.591 e. The van der Waals surface area contributed by atoms with Crippen molar-refractivity contribution in [2.45, 2.75) is 32.4 Å². The molecular weight excluding hydrogens is 320 g/mol. The first kappa shape index (κ1) is 16.7. The molecule has 0 aliphatic carbocycles. The Hall–Kier alpha value is -2.11. The zero-order valence-corrected chi connectivity index (χ0v) is 15.1. The molecule has 0 saturated carbocycles. The molecule has 0 unspecified atom stereocenters. The molecule has 3 aromatic rings. The summed E-state index contributed by atoms with van der Waals surface area (Å²) in [5, 5.41) is 5.18. The van der Waals surface area contributed by atoms with Crippen LogP contribution >= 0.6 is 0 Å². The van der Waals surface area contributed by atoms with Gasteiger partial charge < -0.3 is 9.08 Å². The second-order valence-corrected chi connectivity index (χ2v) is 8.59. The maximum atomic E-state index is 12.2. The van der Waals surface area contributed by atoms with Crippen molar-refractivity contribution in [3.8, 4) is 11.3 Å². The smallest absolute Gasteiger partial charge is 0.167 e. The summed E-state index contributed by atoms with van der Waals surface area (Å²) in [4.78, 5) is 0. The molecule has 24 heavy (non-hydrogen) atoms. The molecule has 0 aliphatic rings. The molecule has 124 valence electrons. The van der Waals surface area contributed by atoms with E-state index in [0.29, 0.717) is 0 Å². The van der Waals surface area contributed by atoms with E-state index in [9.17, 15) is 4.55 Å². The highest BCUT2D eigenvalue weighted by molar-refractivity contribution is 7.91. The molecule has 1 atom stereocenters. The lowest BCUT2D eigenvalue weighted by Crippen LogP contribution is -2.25. The van der Waals surface area contributed by atoms with Crippen LogP contribution in [-0.4, -0.2) is 20.7 Å². The van der Waals surface area contributed by atoms with E-state index in [1.807, 2.05) is 70.2 Å². The molecule has 0 spiro atoms. The van der Waals surface area contributed by atoms with Gasteiger partial charge in [-0.3, -0.25) is 0 Å². The van der Waals surface area contributed by atoms with Crippen molar-refractivity contribution >= 4 is 28.5 Å². The molecule has 0 fully saturated rings. The Labute approximate surface area is 144 Å². The Morgan fingerprint density at radius 2 is 1.88 bits per heavy atom. The molecular formula is C19H20N2O2S. The molecule has 3 rings (SSSR count). The summed E-state index contributed by atoms with van der Waals surface area (Å²) in [6, 6.07) is 13.7. The Morgan fingerprint density at radius 3 is 2.62 bits per heavy atom. The minimum absolute atomic E-state index is 0.389. The van der Waals surface area contributed by atoms with Crippen LogP contribution in [0.5, 0.6) is 0 Å². The van der Waals surface area contributed by atoms with Gasteiger partial charge in [0.15, 0.2) is 5.58 Å². The highest BCUT2D eigenvalue weighted by Gasteiger charge is 2.26. The molecule has 1 aromatic heterocycles. The summed E-state index contributed by atoms with van der Waals surface area (Å²) >= 11 is -1.30. The lowest BCUT2D eigenvalue weighted by molar-refractivity contribution is 0.459. The monoisotopic (exact) mass is 340 g/mol. The first-order chi connectivity index (χ1) is 11.4. The van der Waals surface area contributed by atoms with Crippen molar-refractivity contribution in [1.82, 2.24) is 5.16 Å². The van der Waals surface area contributed by atoms with Gasteiger partial charge in [-0.25, -0.2) is 0 Å². The normalized spacial score (nSPS) is 13.7. The van der Waals surface area contributed by atoms with Gasteiger partial charge in [0.1, 0.15) is 21.8 Å². The van der Waals surface area contributed by atoms with Crippen molar-refractivity contribution in [1.29, 1.82) is 0 Å². The van der Waals surface area contributed by atoms with Gasteiger partial charge >= 0.3 is 0 Å². The van der Waals surface area contributed by atoms with E-state index in [2.05, 4.69) is 9.55 Å². The molecule has 0 amide bonds. The lowest BCUT2D eigenvalue weighted by Gasteiger charge is -2.18. The maximum absolute atomic E-state index is 12.2. The van der Waals surface area contributed by atoms with Crippen LogP contribution in [0.1, 0.15) is 31.9 Å². The number of aromatic nitrogens is 1. The second kappa shape index (κ2) is 6.42. The quantitative estimate of drug-likeness (QED) is 0.513. The fraction of sp³-hybridized carbons (Fsp3) is 0.263. The third-order valence-electron chi connectivity index (χ3n) is 3.76. The third-order valence-corrected chi connectivity index (χ3v) is 5.10. The zero-order chi connectivity index (χ0) is 17.3. The predicted octanol–water partition coefficient (Wildman–Crippen LogP) is 4.68. The molecule has 0 radical (unpaired) electrons. The maximum Gasteiger partial charge on any atom is 0.167 e. The Balaban J connectivity index is 2.10. The second-order valence-electron chi connectivity index (χ2n) is 6.66. The van der Waals surface area contributed by atoms with Crippen molar-refractivity contribution < 1.29 is 9.08 Å². The van der Waals surface area contributed by atoms with Crippen LogP contribution in [0.4, 0.5) is 0 Å². The van der Waals surface area contributed by atoms with Crippen molar-refractivity contribution in [2.75, 3.05) is 0 Å². The molecule has 2 aromatic carbocycles. The first-order valence-electron chi connectivity index (χ1n) is 7.78. The number of rotatable bonds is 3. The van der Waals surface area contributed by atoms with Crippen LogP contribution in [0, 0.1) is 6.92 Å². The van der Waals surface area contributed by atoms with Gasteiger partial charge in [0.2, 0.25) is 0 Å². The fourth-order valence-electron chi connectivity index (χ4n) is 2.40. The van der Waals surface area contributed by atoms with Crippen molar-refractivity contribution in [3.05, 3.63) is 53.6 Å². The fourth-order valence-corrected chi connectivity index (χ4v) is 2.91. The summed E-state index contributed by atoms with van der Waals surface area (Å²) in [5.74, 6) is 0. The van der Waals surface area contributed by atoms with E-state index in [4.69, 9.17) is 4.52 Å². The SMILES string of the molecule is Cc1cccc(-c2noc3ccccc23)c1/C=N/[S@@+]([O-])C(C)(C)C. The number of nitrogens with zero attached hydrogens (tertiary/aromatic N) is 2. The summed E-state index contributed by atoms with van der Waals surface area (Å²) < 4.78 is 21.5. The Bertz CT molecular complexity index is 894. The van der Waals surface area contributed by atoms with E-state index < -0.39 is 11.4 Å². The number of hydrogen-bond acceptors (Lipinski definition) is 4. The van der Waals surface area contributed by atoms with Crippen LogP contribution in [0.25, 0.3) is 22.2 Å². The molecule has 0 N–H and O–H groups in total. The number of aryl methyl sites for hydroxylation is 1. The van der Waals surface area contributed by atoms with Crippen LogP contribution in [0.2, 0.25) is 0 Å². The summed E-state index contributed by atoms with van der Waals surface area (Å²) in [7, 11) is 0. The molecule has 5 heteroatoms. The average Bonchev–Trinajstić information content (AvgIpc) is 2.96. The molecule has 0 bridgehead atoms. The number of benzene rings is 2. The van der Waals surface area contributed by atoms with Crippen LogP contribution in [0.3, 0.4) is 0 Å². The topological polar surface area (TPSA) is 61.5 Å². The van der Waals surface area contributed by atoms with Crippen LogP contribution in [-0.2, 0) is 11.4 Å². The first-order valence-corrected chi connectivity index (χ1v) is 8.89. The van der Waals surface area contributed by atoms with Gasteiger partial charge in [0, 0.05) is 16.5 Å². The van der Waals surface area contributed by atoms with Gasteiger partial charge in [0.25, 0.3) is 0 Å². The Kier molecular flexibility index (Phi) is 4.47. The average molecular weight is 340 g/mol. The Morgan fingerprint density at radius 1 is 1.12 bits per heavy atom. The molecule has 0 saturated heterocycles.